The third-order valence-corrected chi connectivity index (χ3v) is 8.97. The van der Waals surface area contributed by atoms with E-state index >= 15 is 0 Å². The number of H-pyrrole nitrogens is 2. The molecule has 0 aliphatic carbocycles. The molecule has 4 heterocycles. The first-order valence-corrected chi connectivity index (χ1v) is 16.4. The lowest BCUT2D eigenvalue weighted by Gasteiger charge is -2.27. The van der Waals surface area contributed by atoms with Crippen molar-refractivity contribution in [1.82, 2.24) is 29.7 Å². The van der Waals surface area contributed by atoms with Crippen molar-refractivity contribution in [2.24, 2.45) is 11.7 Å². The number of carbonyl (C=O) groups is 2. The second-order valence-corrected chi connectivity index (χ2v) is 13.8. The third-order valence-electron chi connectivity index (χ3n) is 8.97. The van der Waals surface area contributed by atoms with Crippen LogP contribution in [0, 0.1) is 5.92 Å². The van der Waals surface area contributed by atoms with E-state index in [1.165, 1.54) is 0 Å². The van der Waals surface area contributed by atoms with E-state index in [1.807, 2.05) is 51.9 Å². The van der Waals surface area contributed by atoms with Crippen LogP contribution in [0.5, 0.6) is 0 Å². The number of rotatable bonds is 7. The Labute approximate surface area is 270 Å². The van der Waals surface area contributed by atoms with Crippen LogP contribution in [0.3, 0.4) is 0 Å². The van der Waals surface area contributed by atoms with E-state index in [-0.39, 0.29) is 30.0 Å². The monoisotopic (exact) mass is 623 g/mol. The van der Waals surface area contributed by atoms with Gasteiger partial charge in [-0.25, -0.2) is 14.8 Å². The fourth-order valence-corrected chi connectivity index (χ4v) is 6.37. The maximum absolute atomic E-state index is 13.0. The lowest BCUT2D eigenvalue weighted by atomic mass is 10.0. The molecule has 2 aromatic heterocycles. The standard InChI is InChI=1S/C36H45N7O3/c1-22(2)31(37)34(44)42-18-6-8-29(42)32-38-20-27(40-32)25-14-10-23(11-15-25)24-12-16-26(17-13-24)28-21-39-33(41-28)30-9-7-19-43(30)35(45)46-36(3,4)5/h10-17,20-22,29-31H,6-9,18-19,37H2,1-5H3,(H,38,40)(H,39,41)/t29-,30-,31-/m0/s1. The van der Waals surface area contributed by atoms with Crippen molar-refractivity contribution in [3.8, 4) is 33.6 Å². The fraction of sp³-hybridized carbons (Fsp3) is 0.444. The Balaban J connectivity index is 1.11. The van der Waals surface area contributed by atoms with Crippen LogP contribution in [0.15, 0.2) is 60.9 Å². The van der Waals surface area contributed by atoms with Crippen molar-refractivity contribution in [1.29, 1.82) is 0 Å². The van der Waals surface area contributed by atoms with E-state index in [9.17, 15) is 9.59 Å². The van der Waals surface area contributed by atoms with Gasteiger partial charge in [0.25, 0.3) is 0 Å². The molecule has 0 spiro atoms. The summed E-state index contributed by atoms with van der Waals surface area (Å²) < 4.78 is 5.62. The lowest BCUT2D eigenvalue weighted by Crippen LogP contribution is -2.46. The molecule has 10 nitrogen and oxygen atoms in total. The van der Waals surface area contributed by atoms with Crippen LogP contribution in [0.1, 0.15) is 84.0 Å². The van der Waals surface area contributed by atoms with Gasteiger partial charge in [0.05, 0.1) is 41.9 Å². The van der Waals surface area contributed by atoms with Crippen LogP contribution in [0.2, 0.25) is 0 Å². The fourth-order valence-electron chi connectivity index (χ4n) is 6.37. The van der Waals surface area contributed by atoms with Crippen molar-refractivity contribution in [3.05, 3.63) is 72.6 Å². The molecule has 3 atom stereocenters. The number of carbonyl (C=O) groups excluding carboxylic acids is 2. The Morgan fingerprint density at radius 1 is 0.783 bits per heavy atom. The van der Waals surface area contributed by atoms with Gasteiger partial charge in [0, 0.05) is 13.1 Å². The molecule has 10 heteroatoms. The normalized spacial score (nSPS) is 19.2. The van der Waals surface area contributed by atoms with Gasteiger partial charge in [-0.05, 0) is 74.6 Å². The summed E-state index contributed by atoms with van der Waals surface area (Å²) in [7, 11) is 0. The smallest absolute Gasteiger partial charge is 0.410 e. The maximum Gasteiger partial charge on any atom is 0.410 e. The molecular formula is C36H45N7O3. The zero-order valence-electron chi connectivity index (χ0n) is 27.4. The van der Waals surface area contributed by atoms with Gasteiger partial charge in [-0.2, -0.15) is 0 Å². The predicted octanol–water partition coefficient (Wildman–Crippen LogP) is 6.85. The Morgan fingerprint density at radius 2 is 1.22 bits per heavy atom. The van der Waals surface area contributed by atoms with Crippen LogP contribution < -0.4 is 5.73 Å². The van der Waals surface area contributed by atoms with Crippen LogP contribution in [-0.4, -0.2) is 66.5 Å². The molecule has 0 saturated carbocycles. The first-order chi connectivity index (χ1) is 22.0. The van der Waals surface area contributed by atoms with Crippen molar-refractivity contribution in [3.63, 3.8) is 0 Å². The summed E-state index contributed by atoms with van der Waals surface area (Å²) in [5, 5.41) is 0. The molecule has 2 aliphatic heterocycles. The summed E-state index contributed by atoms with van der Waals surface area (Å²) in [6, 6.07) is 16.1. The number of nitrogens with two attached hydrogens (primary N) is 1. The first-order valence-electron chi connectivity index (χ1n) is 16.4. The number of aromatic nitrogens is 4. The van der Waals surface area contributed by atoms with E-state index in [4.69, 9.17) is 10.5 Å². The third kappa shape index (κ3) is 6.58. The van der Waals surface area contributed by atoms with E-state index < -0.39 is 11.6 Å². The molecule has 0 radical (unpaired) electrons. The van der Waals surface area contributed by atoms with Gasteiger partial charge in [0.1, 0.15) is 17.2 Å². The number of hydrogen-bond acceptors (Lipinski definition) is 6. The second kappa shape index (κ2) is 12.7. The number of benzene rings is 2. The number of nitrogens with one attached hydrogen (secondary N) is 2. The molecule has 2 saturated heterocycles. The minimum absolute atomic E-state index is 0.00236. The number of likely N-dealkylation sites (tertiary alicyclic amines) is 2. The number of aromatic amines is 2. The van der Waals surface area contributed by atoms with Crippen molar-refractivity contribution < 1.29 is 14.3 Å². The van der Waals surface area contributed by atoms with Gasteiger partial charge < -0.3 is 25.3 Å². The van der Waals surface area contributed by atoms with Crippen LogP contribution in [-0.2, 0) is 9.53 Å². The average molecular weight is 624 g/mol. The molecule has 6 rings (SSSR count). The zero-order valence-corrected chi connectivity index (χ0v) is 27.4. The van der Waals surface area contributed by atoms with E-state index in [2.05, 4.69) is 68.5 Å². The molecule has 4 N–H and O–H groups in total. The number of imidazole rings is 2. The van der Waals surface area contributed by atoms with Crippen molar-refractivity contribution in [2.45, 2.75) is 84.0 Å². The summed E-state index contributed by atoms with van der Waals surface area (Å²) in [6.07, 6.45) is 6.98. The number of hydrogen-bond donors (Lipinski definition) is 3. The summed E-state index contributed by atoms with van der Waals surface area (Å²) in [5.41, 5.74) is 11.8. The predicted molar refractivity (Wildman–Crippen MR) is 178 cm³/mol. The minimum Gasteiger partial charge on any atom is -0.444 e. The summed E-state index contributed by atoms with van der Waals surface area (Å²) >= 11 is 0. The van der Waals surface area contributed by atoms with Crippen LogP contribution in [0.25, 0.3) is 33.6 Å². The highest BCUT2D eigenvalue weighted by Crippen LogP contribution is 2.35. The Bertz CT molecular complexity index is 1670. The number of ether oxygens (including phenoxy) is 1. The van der Waals surface area contributed by atoms with Gasteiger partial charge in [-0.15, -0.1) is 0 Å². The Morgan fingerprint density at radius 3 is 1.67 bits per heavy atom. The summed E-state index contributed by atoms with van der Waals surface area (Å²) in [4.78, 5) is 45.6. The number of amides is 2. The SMILES string of the molecule is CC(C)[C@H](N)C(=O)N1CCC[C@H]1c1ncc(-c2ccc(-c3ccc(-c4cnc([C@@H]5CCCN5C(=O)OC(C)(C)C)[nH]4)cc3)cc2)[nH]1. The van der Waals surface area contributed by atoms with Crippen molar-refractivity contribution in [2.75, 3.05) is 13.1 Å². The minimum atomic E-state index is -0.536. The highest BCUT2D eigenvalue weighted by molar-refractivity contribution is 5.82. The summed E-state index contributed by atoms with van der Waals surface area (Å²) in [5.74, 6) is 1.68. The molecule has 2 aromatic carbocycles. The van der Waals surface area contributed by atoms with Gasteiger partial charge in [-0.3, -0.25) is 9.69 Å². The van der Waals surface area contributed by atoms with Gasteiger partial charge in [-0.1, -0.05) is 62.4 Å². The zero-order chi connectivity index (χ0) is 32.6. The molecule has 242 valence electrons. The quantitative estimate of drug-likeness (QED) is 0.206. The molecule has 2 fully saturated rings. The van der Waals surface area contributed by atoms with E-state index in [0.717, 1.165) is 71.0 Å². The van der Waals surface area contributed by atoms with Crippen molar-refractivity contribution >= 4 is 12.0 Å². The molecule has 2 amide bonds. The Hall–Kier alpha value is -4.44. The van der Waals surface area contributed by atoms with Crippen LogP contribution >= 0.6 is 0 Å². The van der Waals surface area contributed by atoms with Crippen LogP contribution in [0.4, 0.5) is 4.79 Å². The van der Waals surface area contributed by atoms with Gasteiger partial charge in [0.2, 0.25) is 5.91 Å². The molecular weight excluding hydrogens is 578 g/mol. The number of nitrogens with zero attached hydrogens (tertiary/aromatic N) is 4. The van der Waals surface area contributed by atoms with Gasteiger partial charge >= 0.3 is 6.09 Å². The molecule has 46 heavy (non-hydrogen) atoms. The molecule has 2 aliphatic rings. The van der Waals surface area contributed by atoms with Gasteiger partial charge in [0.15, 0.2) is 0 Å². The Kier molecular flexibility index (Phi) is 8.74. The topological polar surface area (TPSA) is 133 Å². The largest absolute Gasteiger partial charge is 0.444 e. The maximum atomic E-state index is 13.0. The molecule has 0 unspecified atom stereocenters. The highest BCUT2D eigenvalue weighted by Gasteiger charge is 2.36. The first kappa shape index (κ1) is 31.5. The summed E-state index contributed by atoms with van der Waals surface area (Å²) in [6.45, 7) is 11.0. The molecule has 4 aromatic rings. The molecule has 0 bridgehead atoms. The van der Waals surface area contributed by atoms with E-state index in [1.54, 1.807) is 4.90 Å². The lowest BCUT2D eigenvalue weighted by molar-refractivity contribution is -0.134. The average Bonchev–Trinajstić information content (AvgIpc) is 3.85. The van der Waals surface area contributed by atoms with E-state index in [0.29, 0.717) is 13.1 Å². The second-order valence-electron chi connectivity index (χ2n) is 13.8. The highest BCUT2D eigenvalue weighted by atomic mass is 16.6.